The van der Waals surface area contributed by atoms with Gasteiger partial charge in [0, 0.05) is 17.5 Å². The van der Waals surface area contributed by atoms with Crippen LogP contribution in [0.5, 0.6) is 11.5 Å². The highest BCUT2D eigenvalue weighted by Crippen LogP contribution is 2.55. The summed E-state index contributed by atoms with van der Waals surface area (Å²) in [6.07, 6.45) is 2.32. The van der Waals surface area contributed by atoms with E-state index in [1.165, 1.54) is 0 Å². The number of benzene rings is 1. The van der Waals surface area contributed by atoms with Crippen molar-refractivity contribution in [3.63, 3.8) is 0 Å². The molecule has 4 atom stereocenters. The van der Waals surface area contributed by atoms with Gasteiger partial charge in [-0.25, -0.2) is 0 Å². The lowest BCUT2D eigenvalue weighted by atomic mass is 9.68. The molecule has 0 radical (unpaired) electrons. The summed E-state index contributed by atoms with van der Waals surface area (Å²) in [6, 6.07) is 6.93. The van der Waals surface area contributed by atoms with Gasteiger partial charge < -0.3 is 19.0 Å². The summed E-state index contributed by atoms with van der Waals surface area (Å²) < 4.78 is 18.5. The van der Waals surface area contributed by atoms with Crippen LogP contribution < -0.4 is 9.47 Å². The Morgan fingerprint density at radius 1 is 1.32 bits per heavy atom. The zero-order valence-corrected chi connectivity index (χ0v) is 14.5. The highest BCUT2D eigenvalue weighted by atomic mass is 28.4. The monoisotopic (exact) mass is 320 g/mol. The molecule has 120 valence electrons. The van der Waals surface area contributed by atoms with E-state index >= 15 is 0 Å². The maximum absolute atomic E-state index is 10.6. The van der Waals surface area contributed by atoms with Crippen LogP contribution >= 0.6 is 0 Å². The fourth-order valence-electron chi connectivity index (χ4n) is 4.77. The third-order valence-electron chi connectivity index (χ3n) is 5.56. The average Bonchev–Trinajstić information content (AvgIpc) is 2.74. The minimum atomic E-state index is -1.73. The summed E-state index contributed by atoms with van der Waals surface area (Å²) >= 11 is 0. The first-order valence-corrected chi connectivity index (χ1v) is 11.3. The van der Waals surface area contributed by atoms with Gasteiger partial charge in [0.15, 0.2) is 8.32 Å². The van der Waals surface area contributed by atoms with Crippen LogP contribution in [0.1, 0.15) is 18.4 Å². The number of aliphatic hydroxyl groups is 1. The Hall–Kier alpha value is -1.04. The Kier molecular flexibility index (Phi) is 3.12. The van der Waals surface area contributed by atoms with Crippen LogP contribution in [-0.4, -0.2) is 38.3 Å². The van der Waals surface area contributed by atoms with Crippen molar-refractivity contribution in [2.75, 3.05) is 7.11 Å². The van der Waals surface area contributed by atoms with Crippen LogP contribution in [0.15, 0.2) is 18.2 Å². The van der Waals surface area contributed by atoms with E-state index in [0.29, 0.717) is 0 Å². The van der Waals surface area contributed by atoms with Gasteiger partial charge in [-0.05, 0) is 44.5 Å². The Morgan fingerprint density at radius 3 is 2.91 bits per heavy atom. The largest absolute Gasteiger partial charge is 0.496 e. The van der Waals surface area contributed by atoms with Gasteiger partial charge in [0.05, 0.1) is 19.3 Å². The first kappa shape index (κ1) is 14.5. The quantitative estimate of drug-likeness (QED) is 0.808. The molecule has 1 aliphatic carbocycles. The third-order valence-corrected chi connectivity index (χ3v) is 7.89. The van der Waals surface area contributed by atoms with Crippen molar-refractivity contribution in [2.45, 2.75) is 56.2 Å². The minimum absolute atomic E-state index is 0.101. The van der Waals surface area contributed by atoms with Crippen molar-refractivity contribution in [1.29, 1.82) is 0 Å². The van der Waals surface area contributed by atoms with E-state index in [9.17, 15) is 5.11 Å². The van der Waals surface area contributed by atoms with Crippen molar-refractivity contribution in [1.82, 2.24) is 0 Å². The molecule has 1 aromatic rings. The first-order valence-electron chi connectivity index (χ1n) is 8.16. The Labute approximate surface area is 132 Å². The smallest absolute Gasteiger partial charge is 0.191 e. The molecular formula is C17H24O4Si. The molecule has 2 heterocycles. The molecule has 5 heteroatoms. The number of hydrogen-bond acceptors (Lipinski definition) is 4. The average molecular weight is 320 g/mol. The van der Waals surface area contributed by atoms with E-state index in [-0.39, 0.29) is 23.7 Å². The fraction of sp³-hybridized carbons (Fsp3) is 0.647. The highest BCUT2D eigenvalue weighted by molar-refractivity contribution is 6.72. The van der Waals surface area contributed by atoms with E-state index in [4.69, 9.17) is 13.9 Å². The molecule has 3 aliphatic rings. The number of ether oxygens (including phenoxy) is 2. The van der Waals surface area contributed by atoms with Crippen molar-refractivity contribution < 1.29 is 19.0 Å². The molecule has 2 fully saturated rings. The number of aliphatic hydroxyl groups excluding tert-OH is 1. The first-order chi connectivity index (χ1) is 10.5. The summed E-state index contributed by atoms with van der Waals surface area (Å²) in [5, 5.41) is 10.6. The van der Waals surface area contributed by atoms with Gasteiger partial charge in [0.1, 0.15) is 17.1 Å². The maximum atomic E-state index is 10.6. The minimum Gasteiger partial charge on any atom is -0.496 e. The van der Waals surface area contributed by atoms with E-state index in [1.54, 1.807) is 7.11 Å². The van der Waals surface area contributed by atoms with Gasteiger partial charge in [-0.2, -0.15) is 0 Å². The molecule has 2 unspecified atom stereocenters. The number of rotatable bonds is 1. The summed E-state index contributed by atoms with van der Waals surface area (Å²) in [6.45, 7) is 4.52. The summed E-state index contributed by atoms with van der Waals surface area (Å²) in [5.74, 6) is 1.87. The summed E-state index contributed by atoms with van der Waals surface area (Å²) in [4.78, 5) is 0. The van der Waals surface area contributed by atoms with Crippen LogP contribution in [0.2, 0.25) is 19.1 Å². The maximum Gasteiger partial charge on any atom is 0.191 e. The molecule has 0 aromatic heterocycles. The molecule has 0 bridgehead atoms. The zero-order valence-electron chi connectivity index (χ0n) is 13.5. The SMILES string of the molecule is COc1cccc2c1CC1C(O)CC[C@H]3O[Si](C)(C)C[C@@]13O2. The highest BCUT2D eigenvalue weighted by Gasteiger charge is 2.63. The van der Waals surface area contributed by atoms with E-state index in [2.05, 4.69) is 13.1 Å². The molecule has 4 nitrogen and oxygen atoms in total. The number of methoxy groups -OCH3 is 1. The Bertz CT molecular complexity index is 602. The summed E-state index contributed by atoms with van der Waals surface area (Å²) in [7, 11) is -0.0365. The molecule has 4 rings (SSSR count). The lowest BCUT2D eigenvalue weighted by Gasteiger charge is -2.50. The second-order valence-electron chi connectivity index (χ2n) is 7.49. The normalized spacial score (nSPS) is 38.5. The van der Waals surface area contributed by atoms with Crippen LogP contribution in [0, 0.1) is 5.92 Å². The Morgan fingerprint density at radius 2 is 2.14 bits per heavy atom. The molecular weight excluding hydrogens is 296 g/mol. The van der Waals surface area contributed by atoms with Gasteiger partial charge in [0.25, 0.3) is 0 Å². The van der Waals surface area contributed by atoms with Gasteiger partial charge in [0.2, 0.25) is 0 Å². The lowest BCUT2D eigenvalue weighted by Crippen LogP contribution is -2.60. The molecule has 1 saturated heterocycles. The van der Waals surface area contributed by atoms with Crippen molar-refractivity contribution in [3.05, 3.63) is 23.8 Å². The molecule has 1 saturated carbocycles. The topological polar surface area (TPSA) is 47.9 Å². The molecule has 1 aromatic carbocycles. The van der Waals surface area contributed by atoms with Crippen molar-refractivity contribution >= 4 is 8.32 Å². The zero-order chi connectivity index (χ0) is 15.5. The van der Waals surface area contributed by atoms with Crippen LogP contribution in [0.4, 0.5) is 0 Å². The second kappa shape index (κ2) is 4.73. The fourth-order valence-corrected chi connectivity index (χ4v) is 7.84. The van der Waals surface area contributed by atoms with Gasteiger partial charge in [-0.3, -0.25) is 0 Å². The van der Waals surface area contributed by atoms with Gasteiger partial charge in [-0.1, -0.05) is 6.07 Å². The standard InChI is InChI=1S/C17H24O4Si/c1-19-14-5-4-6-15-11(14)9-12-13(18)7-8-16-17(12,20-15)10-22(2,3)21-16/h4-6,12-13,16,18H,7-10H2,1-3H3/t12?,13?,16-,17-/m1/s1. The number of fused-ring (bicyclic) bond motifs is 1. The molecule has 2 aliphatic heterocycles. The third kappa shape index (κ3) is 1.95. The van der Waals surface area contributed by atoms with Gasteiger partial charge in [-0.15, -0.1) is 0 Å². The predicted octanol–water partition coefficient (Wildman–Crippen LogP) is 2.74. The van der Waals surface area contributed by atoms with E-state index in [0.717, 1.165) is 42.4 Å². The van der Waals surface area contributed by atoms with Crippen molar-refractivity contribution in [2.24, 2.45) is 5.92 Å². The molecule has 1 N–H and O–H groups in total. The van der Waals surface area contributed by atoms with E-state index in [1.807, 2.05) is 18.2 Å². The molecule has 1 spiro atoms. The predicted molar refractivity (Wildman–Crippen MR) is 85.9 cm³/mol. The van der Waals surface area contributed by atoms with Crippen LogP contribution in [-0.2, 0) is 10.8 Å². The lowest BCUT2D eigenvalue weighted by molar-refractivity contribution is -0.128. The van der Waals surface area contributed by atoms with Crippen molar-refractivity contribution in [3.8, 4) is 11.5 Å². The molecule has 22 heavy (non-hydrogen) atoms. The molecule has 0 amide bonds. The van der Waals surface area contributed by atoms with Crippen LogP contribution in [0.3, 0.4) is 0 Å². The van der Waals surface area contributed by atoms with Gasteiger partial charge >= 0.3 is 0 Å². The van der Waals surface area contributed by atoms with Crippen LogP contribution in [0.25, 0.3) is 0 Å². The summed E-state index contributed by atoms with van der Waals surface area (Å²) in [5.41, 5.74) is 0.749. The number of hydrogen-bond donors (Lipinski definition) is 1. The Balaban J connectivity index is 1.81. The van der Waals surface area contributed by atoms with E-state index < -0.39 is 8.32 Å². The second-order valence-corrected chi connectivity index (χ2v) is 11.6.